The summed E-state index contributed by atoms with van der Waals surface area (Å²) in [5.74, 6) is 0.0453. The van der Waals surface area contributed by atoms with E-state index < -0.39 is 11.7 Å². The molecule has 0 atom stereocenters. The average molecular weight is 303 g/mol. The van der Waals surface area contributed by atoms with Gasteiger partial charge in [-0.15, -0.1) is 0 Å². The summed E-state index contributed by atoms with van der Waals surface area (Å²) in [7, 11) is 0. The fourth-order valence-electron chi connectivity index (χ4n) is 1.55. The molecule has 0 fully saturated rings. The number of hydrogen-bond donors (Lipinski definition) is 3. The quantitative estimate of drug-likeness (QED) is 0.453. The van der Waals surface area contributed by atoms with Crippen molar-refractivity contribution in [3.63, 3.8) is 0 Å². The van der Waals surface area contributed by atoms with Gasteiger partial charge in [-0.05, 0) is 32.9 Å². The first-order valence-corrected chi connectivity index (χ1v) is 6.44. The highest BCUT2D eigenvalue weighted by Crippen LogP contribution is 2.33. The van der Waals surface area contributed by atoms with Crippen LogP contribution in [0.2, 0.25) is 0 Å². The normalized spacial score (nSPS) is 13.1. The molecule has 1 heterocycles. The molecular formula is C13H20F3N5. The largest absolute Gasteiger partial charge is 0.419 e. The lowest BCUT2D eigenvalue weighted by atomic mass is 10.1. The second-order valence-corrected chi connectivity index (χ2v) is 5.47. The van der Waals surface area contributed by atoms with Crippen LogP contribution in [0.25, 0.3) is 0 Å². The number of pyridine rings is 1. The van der Waals surface area contributed by atoms with Crippen LogP contribution < -0.4 is 16.4 Å². The van der Waals surface area contributed by atoms with Gasteiger partial charge in [0.2, 0.25) is 0 Å². The Labute approximate surface area is 121 Å². The maximum Gasteiger partial charge on any atom is 0.419 e. The monoisotopic (exact) mass is 303 g/mol. The lowest BCUT2D eigenvalue weighted by molar-refractivity contribution is -0.137. The molecule has 0 bridgehead atoms. The number of aromatic nitrogens is 1. The van der Waals surface area contributed by atoms with Gasteiger partial charge in [0.15, 0.2) is 5.96 Å². The molecule has 0 aliphatic heterocycles. The zero-order valence-electron chi connectivity index (χ0n) is 12.3. The van der Waals surface area contributed by atoms with E-state index >= 15 is 0 Å². The Morgan fingerprint density at radius 2 is 2.00 bits per heavy atom. The first-order chi connectivity index (χ1) is 9.59. The van der Waals surface area contributed by atoms with Gasteiger partial charge in [-0.25, -0.2) is 4.98 Å². The van der Waals surface area contributed by atoms with E-state index in [0.29, 0.717) is 0 Å². The van der Waals surface area contributed by atoms with Crippen LogP contribution in [-0.4, -0.2) is 29.6 Å². The molecule has 0 saturated heterocycles. The third-order valence-corrected chi connectivity index (χ3v) is 2.30. The molecule has 0 amide bonds. The van der Waals surface area contributed by atoms with E-state index in [0.717, 1.165) is 6.07 Å². The molecule has 0 radical (unpaired) electrons. The van der Waals surface area contributed by atoms with Crippen LogP contribution in [0.1, 0.15) is 26.3 Å². The highest BCUT2D eigenvalue weighted by Gasteiger charge is 2.33. The van der Waals surface area contributed by atoms with Gasteiger partial charge < -0.3 is 16.4 Å². The zero-order chi connectivity index (χ0) is 16.1. The molecule has 0 spiro atoms. The average Bonchev–Trinajstić information content (AvgIpc) is 2.32. The van der Waals surface area contributed by atoms with Crippen molar-refractivity contribution in [2.24, 2.45) is 10.7 Å². The molecule has 5 nitrogen and oxygen atoms in total. The predicted molar refractivity (Wildman–Crippen MR) is 77.1 cm³/mol. The van der Waals surface area contributed by atoms with Crippen molar-refractivity contribution in [3.8, 4) is 0 Å². The fourth-order valence-corrected chi connectivity index (χ4v) is 1.55. The number of hydrogen-bond acceptors (Lipinski definition) is 3. The van der Waals surface area contributed by atoms with E-state index in [1.807, 2.05) is 20.8 Å². The Hall–Kier alpha value is -1.99. The molecule has 1 aromatic rings. The zero-order valence-corrected chi connectivity index (χ0v) is 12.3. The van der Waals surface area contributed by atoms with E-state index in [2.05, 4.69) is 20.6 Å². The van der Waals surface area contributed by atoms with Crippen molar-refractivity contribution in [2.45, 2.75) is 32.5 Å². The lowest BCUT2D eigenvalue weighted by Crippen LogP contribution is -2.45. The van der Waals surface area contributed by atoms with Gasteiger partial charge in [0, 0.05) is 18.3 Å². The van der Waals surface area contributed by atoms with Gasteiger partial charge in [0.05, 0.1) is 12.1 Å². The van der Waals surface area contributed by atoms with Crippen LogP contribution in [0.3, 0.4) is 0 Å². The highest BCUT2D eigenvalue weighted by atomic mass is 19.4. The standard InChI is InChI=1S/C13H20F3N5/c1-12(2,3)21-11(17)20-8-7-19-10-9(13(14,15)16)5-4-6-18-10/h4-6H,7-8H2,1-3H3,(H,18,19)(H3,17,20,21). The molecule has 0 aromatic carbocycles. The number of nitrogens with zero attached hydrogens (tertiary/aromatic N) is 2. The number of aliphatic imine (C=N–C) groups is 1. The molecular weight excluding hydrogens is 283 g/mol. The minimum absolute atomic E-state index is 0.201. The predicted octanol–water partition coefficient (Wildman–Crippen LogP) is 2.22. The summed E-state index contributed by atoms with van der Waals surface area (Å²) in [6, 6.07) is 2.23. The van der Waals surface area contributed by atoms with Gasteiger partial charge in [0.25, 0.3) is 0 Å². The summed E-state index contributed by atoms with van der Waals surface area (Å²) < 4.78 is 38.2. The van der Waals surface area contributed by atoms with Crippen LogP contribution in [0.15, 0.2) is 23.3 Å². The third-order valence-electron chi connectivity index (χ3n) is 2.30. The van der Waals surface area contributed by atoms with E-state index in [9.17, 15) is 13.2 Å². The van der Waals surface area contributed by atoms with Crippen LogP contribution in [0.4, 0.5) is 19.0 Å². The SMILES string of the molecule is CC(C)(C)NC(N)=NCCNc1ncccc1C(F)(F)F. The number of halogens is 3. The smallest absolute Gasteiger partial charge is 0.370 e. The lowest BCUT2D eigenvalue weighted by Gasteiger charge is -2.21. The molecule has 0 unspecified atom stereocenters. The van der Waals surface area contributed by atoms with E-state index in [1.165, 1.54) is 12.3 Å². The van der Waals surface area contributed by atoms with Crippen molar-refractivity contribution < 1.29 is 13.2 Å². The third kappa shape index (κ3) is 6.33. The Kier molecular flexibility index (Phi) is 5.40. The molecule has 0 saturated carbocycles. The van der Waals surface area contributed by atoms with E-state index in [1.54, 1.807) is 0 Å². The van der Waals surface area contributed by atoms with Crippen molar-refractivity contribution in [1.82, 2.24) is 10.3 Å². The second kappa shape index (κ2) is 6.64. The Morgan fingerprint density at radius 3 is 2.57 bits per heavy atom. The maximum atomic E-state index is 12.7. The van der Waals surface area contributed by atoms with E-state index in [-0.39, 0.29) is 30.4 Å². The van der Waals surface area contributed by atoms with Crippen LogP contribution in [-0.2, 0) is 6.18 Å². The summed E-state index contributed by atoms with van der Waals surface area (Å²) in [6.45, 7) is 6.22. The van der Waals surface area contributed by atoms with Crippen LogP contribution in [0, 0.1) is 0 Å². The van der Waals surface area contributed by atoms with Crippen molar-refractivity contribution in [3.05, 3.63) is 23.9 Å². The van der Waals surface area contributed by atoms with Gasteiger partial charge in [0.1, 0.15) is 5.82 Å². The summed E-state index contributed by atoms with van der Waals surface area (Å²) in [5, 5.41) is 5.57. The number of anilines is 1. The summed E-state index contributed by atoms with van der Waals surface area (Å²) in [6.07, 6.45) is -3.14. The van der Waals surface area contributed by atoms with E-state index in [4.69, 9.17) is 5.73 Å². The minimum atomic E-state index is -4.44. The Morgan fingerprint density at radius 1 is 1.33 bits per heavy atom. The fraction of sp³-hybridized carbons (Fsp3) is 0.538. The topological polar surface area (TPSA) is 75.3 Å². The number of guanidine groups is 1. The molecule has 8 heteroatoms. The first-order valence-electron chi connectivity index (χ1n) is 6.44. The van der Waals surface area contributed by atoms with Gasteiger partial charge in [-0.2, -0.15) is 13.2 Å². The molecule has 1 aromatic heterocycles. The Bertz CT molecular complexity index is 491. The van der Waals surface area contributed by atoms with Crippen molar-refractivity contribution >= 4 is 11.8 Å². The highest BCUT2D eigenvalue weighted by molar-refractivity contribution is 5.78. The second-order valence-electron chi connectivity index (χ2n) is 5.47. The number of alkyl halides is 3. The molecule has 118 valence electrons. The Balaban J connectivity index is 2.56. The molecule has 21 heavy (non-hydrogen) atoms. The minimum Gasteiger partial charge on any atom is -0.370 e. The number of nitrogens with one attached hydrogen (secondary N) is 2. The number of nitrogens with two attached hydrogens (primary N) is 1. The first kappa shape index (κ1) is 17.1. The van der Waals surface area contributed by atoms with Gasteiger partial charge in [-0.3, -0.25) is 4.99 Å². The van der Waals surface area contributed by atoms with Gasteiger partial charge in [-0.1, -0.05) is 0 Å². The molecule has 0 aliphatic rings. The summed E-state index contributed by atoms with van der Waals surface area (Å²) in [5.41, 5.74) is 4.64. The summed E-state index contributed by atoms with van der Waals surface area (Å²) >= 11 is 0. The number of rotatable bonds is 4. The van der Waals surface area contributed by atoms with Crippen molar-refractivity contribution in [1.29, 1.82) is 0 Å². The summed E-state index contributed by atoms with van der Waals surface area (Å²) in [4.78, 5) is 7.72. The maximum absolute atomic E-state index is 12.7. The molecule has 0 aliphatic carbocycles. The van der Waals surface area contributed by atoms with Crippen LogP contribution >= 0.6 is 0 Å². The van der Waals surface area contributed by atoms with Crippen molar-refractivity contribution in [2.75, 3.05) is 18.4 Å². The van der Waals surface area contributed by atoms with Crippen LogP contribution in [0.5, 0.6) is 0 Å². The van der Waals surface area contributed by atoms with Gasteiger partial charge >= 0.3 is 6.18 Å². The molecule has 4 N–H and O–H groups in total. The molecule has 1 rings (SSSR count).